The van der Waals surface area contributed by atoms with Crippen LogP contribution in [0.1, 0.15) is 13.8 Å². The molecule has 2 rings (SSSR count). The second-order valence-electron chi connectivity index (χ2n) is 5.60. The summed E-state index contributed by atoms with van der Waals surface area (Å²) in [4.78, 5) is 37.6. The number of hydrogen-bond acceptors (Lipinski definition) is 8. The molecule has 1 heterocycles. The zero-order valence-electron chi connectivity index (χ0n) is 15.5. The lowest BCUT2D eigenvalue weighted by Crippen LogP contribution is -2.48. The molecule has 0 aliphatic carbocycles. The van der Waals surface area contributed by atoms with E-state index in [0.717, 1.165) is 11.8 Å². The number of thioether (sulfide) groups is 2. The fourth-order valence-electron chi connectivity index (χ4n) is 2.58. The number of methoxy groups -OCH3 is 1. The Kier molecular flexibility index (Phi) is 8.30. The highest BCUT2D eigenvalue weighted by Crippen LogP contribution is 2.33. The number of hydrogen-bond donors (Lipinski definition) is 0. The highest BCUT2D eigenvalue weighted by molar-refractivity contribution is 8.14. The van der Waals surface area contributed by atoms with Gasteiger partial charge < -0.3 is 19.1 Å². The summed E-state index contributed by atoms with van der Waals surface area (Å²) in [6.45, 7) is 3.56. The Morgan fingerprint density at radius 3 is 2.59 bits per heavy atom. The van der Waals surface area contributed by atoms with Crippen molar-refractivity contribution in [3.05, 3.63) is 24.3 Å². The van der Waals surface area contributed by atoms with E-state index in [1.807, 2.05) is 12.1 Å². The van der Waals surface area contributed by atoms with E-state index in [9.17, 15) is 14.4 Å². The summed E-state index contributed by atoms with van der Waals surface area (Å²) in [6.07, 6.45) is 0. The number of rotatable bonds is 8. The SMILES string of the molecule is CCOC(=O)[C@@H]1CSC(COc2ccccc2OC)N1C(=O)CSC(C)=O. The van der Waals surface area contributed by atoms with Gasteiger partial charge in [0.25, 0.3) is 0 Å². The Morgan fingerprint density at radius 1 is 1.26 bits per heavy atom. The Balaban J connectivity index is 2.11. The zero-order valence-corrected chi connectivity index (χ0v) is 17.1. The predicted molar refractivity (Wildman–Crippen MR) is 105 cm³/mol. The van der Waals surface area contributed by atoms with Crippen LogP contribution in [-0.2, 0) is 19.1 Å². The van der Waals surface area contributed by atoms with E-state index in [-0.39, 0.29) is 35.4 Å². The van der Waals surface area contributed by atoms with E-state index < -0.39 is 12.0 Å². The largest absolute Gasteiger partial charge is 0.493 e. The van der Waals surface area contributed by atoms with Gasteiger partial charge >= 0.3 is 5.97 Å². The minimum atomic E-state index is -0.679. The van der Waals surface area contributed by atoms with Crippen molar-refractivity contribution in [2.45, 2.75) is 25.3 Å². The summed E-state index contributed by atoms with van der Waals surface area (Å²) in [5.41, 5.74) is 0. The quantitative estimate of drug-likeness (QED) is 0.600. The average Bonchev–Trinajstić information content (AvgIpc) is 3.09. The molecule has 1 saturated heterocycles. The summed E-state index contributed by atoms with van der Waals surface area (Å²) >= 11 is 2.38. The Bertz CT molecular complexity index is 684. The number of carbonyl (C=O) groups is 3. The third-order valence-corrected chi connectivity index (χ3v) is 5.84. The molecular formula is C18H23NO6S2. The number of amides is 1. The lowest BCUT2D eigenvalue weighted by atomic mass is 10.2. The predicted octanol–water partition coefficient (Wildman–Crippen LogP) is 2.19. The maximum atomic E-state index is 12.7. The van der Waals surface area contributed by atoms with Gasteiger partial charge in [-0.25, -0.2) is 4.79 Å². The van der Waals surface area contributed by atoms with Gasteiger partial charge in [-0.3, -0.25) is 9.59 Å². The van der Waals surface area contributed by atoms with Crippen LogP contribution in [0.4, 0.5) is 0 Å². The Morgan fingerprint density at radius 2 is 1.96 bits per heavy atom. The second kappa shape index (κ2) is 10.5. The molecule has 0 bridgehead atoms. The minimum absolute atomic E-state index is 0.0169. The van der Waals surface area contributed by atoms with Gasteiger partial charge in [0.1, 0.15) is 18.0 Å². The molecule has 148 valence electrons. The summed E-state index contributed by atoms with van der Waals surface area (Å²) in [5.74, 6) is 0.836. The maximum absolute atomic E-state index is 12.7. The zero-order chi connectivity index (χ0) is 19.8. The summed E-state index contributed by atoms with van der Waals surface area (Å²) in [5, 5.41) is -0.505. The first-order chi connectivity index (χ1) is 13.0. The van der Waals surface area contributed by atoms with E-state index >= 15 is 0 Å². The standard InChI is InChI=1S/C18H23NO6S2/c1-4-24-18(22)13-10-27-17(19(13)16(21)11-26-12(2)20)9-25-15-8-6-5-7-14(15)23-3/h5-8,13,17H,4,9-11H2,1-3H3/t13-,17?/m0/s1. The first-order valence-corrected chi connectivity index (χ1v) is 10.5. The second-order valence-corrected chi connectivity index (χ2v) is 7.96. The van der Waals surface area contributed by atoms with Crippen molar-refractivity contribution in [3.63, 3.8) is 0 Å². The molecule has 0 spiro atoms. The molecule has 2 atom stereocenters. The first-order valence-electron chi connectivity index (χ1n) is 8.46. The lowest BCUT2D eigenvalue weighted by Gasteiger charge is -2.28. The molecule has 1 aromatic rings. The minimum Gasteiger partial charge on any atom is -0.493 e. The van der Waals surface area contributed by atoms with Gasteiger partial charge in [-0.05, 0) is 19.1 Å². The molecule has 1 aliphatic heterocycles. The molecule has 0 aromatic heterocycles. The Hall–Kier alpha value is -1.87. The van der Waals surface area contributed by atoms with Gasteiger partial charge in [0.05, 0.1) is 19.5 Å². The molecule has 9 heteroatoms. The summed E-state index contributed by atoms with van der Waals surface area (Å²) in [7, 11) is 1.55. The number of ether oxygens (including phenoxy) is 3. The molecule has 0 radical (unpaired) electrons. The molecule has 7 nitrogen and oxygen atoms in total. The number of carbonyl (C=O) groups excluding carboxylic acids is 3. The van der Waals surface area contributed by atoms with Gasteiger partial charge in [0, 0.05) is 12.7 Å². The van der Waals surface area contributed by atoms with Crippen LogP contribution in [0.5, 0.6) is 11.5 Å². The topological polar surface area (TPSA) is 82.1 Å². The van der Waals surface area contributed by atoms with Gasteiger partial charge in [-0.1, -0.05) is 23.9 Å². The fraction of sp³-hybridized carbons (Fsp3) is 0.500. The van der Waals surface area contributed by atoms with Gasteiger partial charge in [0.2, 0.25) is 5.91 Å². The molecule has 27 heavy (non-hydrogen) atoms. The third-order valence-electron chi connectivity index (χ3n) is 3.79. The van der Waals surface area contributed by atoms with Crippen molar-refractivity contribution in [1.29, 1.82) is 0 Å². The monoisotopic (exact) mass is 413 g/mol. The van der Waals surface area contributed by atoms with E-state index in [2.05, 4.69) is 0 Å². The molecule has 1 amide bonds. The van der Waals surface area contributed by atoms with Gasteiger partial charge in [0.15, 0.2) is 16.6 Å². The molecule has 0 saturated carbocycles. The normalized spacial score (nSPS) is 18.9. The van der Waals surface area contributed by atoms with Crippen LogP contribution in [0, 0.1) is 0 Å². The fourth-order valence-corrected chi connectivity index (χ4v) is 4.35. The van der Waals surface area contributed by atoms with Crippen LogP contribution >= 0.6 is 23.5 Å². The van der Waals surface area contributed by atoms with Crippen LogP contribution in [0.25, 0.3) is 0 Å². The Labute approximate surface area is 167 Å². The van der Waals surface area contributed by atoms with Crippen LogP contribution in [0.2, 0.25) is 0 Å². The van der Waals surface area contributed by atoms with E-state index in [1.165, 1.54) is 23.6 Å². The van der Waals surface area contributed by atoms with Crippen LogP contribution < -0.4 is 9.47 Å². The summed E-state index contributed by atoms with van der Waals surface area (Å²) in [6, 6.07) is 6.54. The highest BCUT2D eigenvalue weighted by atomic mass is 32.2. The van der Waals surface area contributed by atoms with Crippen molar-refractivity contribution in [2.75, 3.05) is 31.8 Å². The number of esters is 1. The van der Waals surface area contributed by atoms with Gasteiger partial charge in [-0.15, -0.1) is 11.8 Å². The maximum Gasteiger partial charge on any atom is 0.329 e. The van der Waals surface area contributed by atoms with Crippen molar-refractivity contribution < 1.29 is 28.6 Å². The molecule has 1 fully saturated rings. The lowest BCUT2D eigenvalue weighted by molar-refractivity contribution is -0.153. The number of nitrogens with zero attached hydrogens (tertiary/aromatic N) is 1. The van der Waals surface area contributed by atoms with E-state index in [1.54, 1.807) is 26.2 Å². The van der Waals surface area contributed by atoms with Crippen LogP contribution in [-0.4, -0.2) is 65.1 Å². The van der Waals surface area contributed by atoms with E-state index in [4.69, 9.17) is 14.2 Å². The molecular weight excluding hydrogens is 390 g/mol. The number of para-hydroxylation sites is 2. The molecule has 1 aliphatic rings. The van der Waals surface area contributed by atoms with Crippen molar-refractivity contribution in [1.82, 2.24) is 4.90 Å². The van der Waals surface area contributed by atoms with Gasteiger partial charge in [-0.2, -0.15) is 0 Å². The third kappa shape index (κ3) is 5.80. The van der Waals surface area contributed by atoms with Crippen LogP contribution in [0.15, 0.2) is 24.3 Å². The highest BCUT2D eigenvalue weighted by Gasteiger charge is 2.42. The molecule has 1 aromatic carbocycles. The van der Waals surface area contributed by atoms with Crippen LogP contribution in [0.3, 0.4) is 0 Å². The average molecular weight is 414 g/mol. The molecule has 1 unspecified atom stereocenters. The van der Waals surface area contributed by atoms with Crippen molar-refractivity contribution in [3.8, 4) is 11.5 Å². The molecule has 0 N–H and O–H groups in total. The first kappa shape index (κ1) is 21.4. The summed E-state index contributed by atoms with van der Waals surface area (Å²) < 4.78 is 16.2. The van der Waals surface area contributed by atoms with Crippen molar-refractivity contribution >= 4 is 40.5 Å². The van der Waals surface area contributed by atoms with E-state index in [0.29, 0.717) is 17.3 Å². The smallest absolute Gasteiger partial charge is 0.329 e. The number of benzene rings is 1. The van der Waals surface area contributed by atoms with Crippen molar-refractivity contribution in [2.24, 2.45) is 0 Å².